The normalized spacial score (nSPS) is 18.0. The highest BCUT2D eigenvalue weighted by Crippen LogP contribution is 2.23. The minimum atomic E-state index is -0.810. The zero-order chi connectivity index (χ0) is 13.5. The molecule has 0 amide bonds. The predicted octanol–water partition coefficient (Wildman–Crippen LogP) is 3.59. The van der Waals surface area contributed by atoms with Crippen molar-refractivity contribution in [3.63, 3.8) is 0 Å². The molecule has 2 atom stereocenters. The van der Waals surface area contributed by atoms with E-state index in [0.29, 0.717) is 12.8 Å². The van der Waals surface area contributed by atoms with Crippen LogP contribution >= 0.6 is 0 Å². The fourth-order valence-corrected chi connectivity index (χ4v) is 1.73. The van der Waals surface area contributed by atoms with Crippen molar-refractivity contribution in [2.75, 3.05) is 0 Å². The van der Waals surface area contributed by atoms with Crippen molar-refractivity contribution in [2.24, 2.45) is 0 Å². The van der Waals surface area contributed by atoms with Gasteiger partial charge >= 0.3 is 0 Å². The lowest BCUT2D eigenvalue weighted by Gasteiger charge is -2.25. The summed E-state index contributed by atoms with van der Waals surface area (Å²) >= 11 is 0. The predicted molar refractivity (Wildman–Crippen MR) is 74.0 cm³/mol. The Bertz CT molecular complexity index is 258. The average molecular weight is 240 g/mol. The summed E-state index contributed by atoms with van der Waals surface area (Å²) in [6, 6.07) is 0. The number of hydrogen-bond acceptors (Lipinski definition) is 2. The highest BCUT2D eigenvalue weighted by Gasteiger charge is 2.21. The first-order valence-corrected chi connectivity index (χ1v) is 6.40. The first-order valence-electron chi connectivity index (χ1n) is 6.40. The molecular weight excluding hydrogens is 212 g/mol. The Morgan fingerprint density at radius 2 is 1.71 bits per heavy atom. The zero-order valence-electron chi connectivity index (χ0n) is 11.8. The van der Waals surface area contributed by atoms with Crippen LogP contribution in [0, 0.1) is 0 Å². The molecule has 0 aromatic heterocycles. The van der Waals surface area contributed by atoms with Gasteiger partial charge < -0.3 is 10.2 Å². The van der Waals surface area contributed by atoms with Crippen LogP contribution < -0.4 is 0 Å². The average Bonchev–Trinajstić information content (AvgIpc) is 2.16. The largest absolute Gasteiger partial charge is 0.390 e. The van der Waals surface area contributed by atoms with Gasteiger partial charge in [-0.15, -0.1) is 6.58 Å². The Morgan fingerprint density at radius 1 is 1.12 bits per heavy atom. The van der Waals surface area contributed by atoms with Crippen molar-refractivity contribution < 1.29 is 10.2 Å². The maximum Gasteiger partial charge on any atom is 0.0797 e. The molecule has 0 fully saturated rings. The van der Waals surface area contributed by atoms with Gasteiger partial charge in [0.25, 0.3) is 0 Å². The van der Waals surface area contributed by atoms with E-state index in [0.717, 1.165) is 19.3 Å². The Labute approximate surface area is 106 Å². The molecular formula is C15H28O2. The lowest BCUT2D eigenvalue weighted by atomic mass is 9.90. The summed E-state index contributed by atoms with van der Waals surface area (Å²) < 4.78 is 0. The standard InChI is InChI=1S/C15H28O2/c1-6-14(4,16)11-8-12-15(5,17)10-7-9-13(2)3/h6,9,16-17H,1,7-8,10-12H2,2-5H3/t14-,15-/m1/s1. The second-order valence-electron chi connectivity index (χ2n) is 5.73. The third kappa shape index (κ3) is 9.13. The van der Waals surface area contributed by atoms with Crippen LogP contribution in [0.2, 0.25) is 0 Å². The van der Waals surface area contributed by atoms with E-state index >= 15 is 0 Å². The van der Waals surface area contributed by atoms with E-state index < -0.39 is 11.2 Å². The Hall–Kier alpha value is -0.600. The lowest BCUT2D eigenvalue weighted by Crippen LogP contribution is -2.26. The van der Waals surface area contributed by atoms with Gasteiger partial charge in [-0.25, -0.2) is 0 Å². The summed E-state index contributed by atoms with van der Waals surface area (Å²) in [6.07, 6.45) is 7.56. The third-order valence-electron chi connectivity index (χ3n) is 3.07. The van der Waals surface area contributed by atoms with Gasteiger partial charge in [0.1, 0.15) is 0 Å². The van der Waals surface area contributed by atoms with E-state index in [-0.39, 0.29) is 0 Å². The van der Waals surface area contributed by atoms with Crippen LogP contribution in [0.3, 0.4) is 0 Å². The topological polar surface area (TPSA) is 40.5 Å². The van der Waals surface area contributed by atoms with E-state index in [2.05, 4.69) is 26.5 Å². The van der Waals surface area contributed by atoms with Gasteiger partial charge in [-0.1, -0.05) is 17.7 Å². The molecule has 0 spiro atoms. The van der Waals surface area contributed by atoms with E-state index in [1.165, 1.54) is 5.57 Å². The summed E-state index contributed by atoms with van der Waals surface area (Å²) in [6.45, 7) is 11.3. The molecule has 0 aromatic carbocycles. The maximum absolute atomic E-state index is 10.2. The Morgan fingerprint density at radius 3 is 2.18 bits per heavy atom. The second kappa shape index (κ2) is 6.97. The van der Waals surface area contributed by atoms with Crippen LogP contribution in [0.25, 0.3) is 0 Å². The summed E-state index contributed by atoms with van der Waals surface area (Å²) in [4.78, 5) is 0. The number of rotatable bonds is 8. The van der Waals surface area contributed by atoms with E-state index in [9.17, 15) is 10.2 Å². The molecule has 0 unspecified atom stereocenters. The molecule has 2 heteroatoms. The minimum Gasteiger partial charge on any atom is -0.390 e. The Balaban J connectivity index is 3.93. The van der Waals surface area contributed by atoms with Gasteiger partial charge in [-0.3, -0.25) is 0 Å². The molecule has 0 aliphatic heterocycles. The SMILES string of the molecule is C=C[C@@](C)(O)CCC[C@](C)(O)CCC=C(C)C. The van der Waals surface area contributed by atoms with E-state index in [4.69, 9.17) is 0 Å². The molecule has 100 valence electrons. The summed E-state index contributed by atoms with van der Waals surface area (Å²) in [5, 5.41) is 19.9. The third-order valence-corrected chi connectivity index (χ3v) is 3.07. The van der Waals surface area contributed by atoms with Crippen molar-refractivity contribution in [2.45, 2.75) is 71.0 Å². The first kappa shape index (κ1) is 16.4. The van der Waals surface area contributed by atoms with Crippen molar-refractivity contribution in [1.29, 1.82) is 0 Å². The summed E-state index contributed by atoms with van der Waals surface area (Å²) in [5.41, 5.74) is -0.158. The van der Waals surface area contributed by atoms with Crippen LogP contribution in [0.1, 0.15) is 59.8 Å². The van der Waals surface area contributed by atoms with Crippen LogP contribution in [0.15, 0.2) is 24.3 Å². The lowest BCUT2D eigenvalue weighted by molar-refractivity contribution is 0.0307. The minimum absolute atomic E-state index is 0.636. The molecule has 0 radical (unpaired) electrons. The molecule has 2 nitrogen and oxygen atoms in total. The monoisotopic (exact) mass is 240 g/mol. The molecule has 0 aliphatic carbocycles. The van der Waals surface area contributed by atoms with Gasteiger partial charge in [0, 0.05) is 0 Å². The first-order chi connectivity index (χ1) is 7.68. The fraction of sp³-hybridized carbons (Fsp3) is 0.733. The number of allylic oxidation sites excluding steroid dienone is 2. The van der Waals surface area contributed by atoms with E-state index in [1.807, 2.05) is 6.92 Å². The second-order valence-corrected chi connectivity index (χ2v) is 5.73. The highest BCUT2D eigenvalue weighted by atomic mass is 16.3. The van der Waals surface area contributed by atoms with Crippen LogP contribution in [-0.4, -0.2) is 21.4 Å². The molecule has 2 N–H and O–H groups in total. The quantitative estimate of drug-likeness (QED) is 0.636. The van der Waals surface area contributed by atoms with Crippen LogP contribution in [0.5, 0.6) is 0 Å². The van der Waals surface area contributed by atoms with Gasteiger partial charge in [0.05, 0.1) is 11.2 Å². The fourth-order valence-electron chi connectivity index (χ4n) is 1.73. The summed E-state index contributed by atoms with van der Waals surface area (Å²) in [7, 11) is 0. The maximum atomic E-state index is 10.2. The highest BCUT2D eigenvalue weighted by molar-refractivity contribution is 4.95. The van der Waals surface area contributed by atoms with Crippen molar-refractivity contribution in [3.8, 4) is 0 Å². The molecule has 0 aromatic rings. The smallest absolute Gasteiger partial charge is 0.0797 e. The molecule has 0 saturated heterocycles. The van der Waals surface area contributed by atoms with Crippen LogP contribution in [-0.2, 0) is 0 Å². The Kier molecular flexibility index (Phi) is 6.73. The van der Waals surface area contributed by atoms with Crippen molar-refractivity contribution in [3.05, 3.63) is 24.3 Å². The summed E-state index contributed by atoms with van der Waals surface area (Å²) in [5.74, 6) is 0. The molecule has 0 saturated carbocycles. The number of hydrogen-bond donors (Lipinski definition) is 2. The molecule has 0 bridgehead atoms. The van der Waals surface area contributed by atoms with E-state index in [1.54, 1.807) is 13.0 Å². The molecule has 0 rings (SSSR count). The molecule has 17 heavy (non-hydrogen) atoms. The van der Waals surface area contributed by atoms with Gasteiger partial charge in [-0.2, -0.15) is 0 Å². The van der Waals surface area contributed by atoms with Gasteiger partial charge in [0.15, 0.2) is 0 Å². The zero-order valence-corrected chi connectivity index (χ0v) is 11.8. The van der Waals surface area contributed by atoms with Crippen molar-refractivity contribution in [1.82, 2.24) is 0 Å². The van der Waals surface area contributed by atoms with Gasteiger partial charge in [-0.05, 0) is 59.8 Å². The van der Waals surface area contributed by atoms with Gasteiger partial charge in [0.2, 0.25) is 0 Å². The number of aliphatic hydroxyl groups is 2. The molecule has 0 heterocycles. The van der Waals surface area contributed by atoms with Crippen LogP contribution in [0.4, 0.5) is 0 Å². The van der Waals surface area contributed by atoms with Crippen molar-refractivity contribution >= 4 is 0 Å². The molecule has 0 aliphatic rings.